The van der Waals surface area contributed by atoms with Gasteiger partial charge in [0.15, 0.2) is 0 Å². The van der Waals surface area contributed by atoms with E-state index < -0.39 is 5.97 Å². The average molecular weight is 380 g/mol. The zero-order chi connectivity index (χ0) is 20.0. The lowest BCUT2D eigenvalue weighted by Gasteiger charge is -2.35. The minimum atomic E-state index is -0.411. The fraction of sp³-hybridized carbons (Fsp3) is 0.700. The Morgan fingerprint density at radius 1 is 1.30 bits per heavy atom. The van der Waals surface area contributed by atoms with Gasteiger partial charge < -0.3 is 19.8 Å². The predicted molar refractivity (Wildman–Crippen MR) is 104 cm³/mol. The summed E-state index contributed by atoms with van der Waals surface area (Å²) in [5, 5.41) is 3.06. The van der Waals surface area contributed by atoms with Crippen LogP contribution in [0.3, 0.4) is 0 Å². The molecule has 0 spiro atoms. The lowest BCUT2D eigenvalue weighted by atomic mass is 10.0. The number of nitrogens with one attached hydrogen (secondary N) is 2. The highest BCUT2D eigenvalue weighted by Gasteiger charge is 2.26. The number of amides is 1. The molecule has 1 atom stereocenters. The summed E-state index contributed by atoms with van der Waals surface area (Å²) in [4.78, 5) is 30.3. The summed E-state index contributed by atoms with van der Waals surface area (Å²) in [6.45, 7) is 11.9. The third kappa shape index (κ3) is 5.32. The predicted octanol–water partition coefficient (Wildman–Crippen LogP) is 2.15. The third-order valence-electron chi connectivity index (χ3n) is 5.10. The molecule has 0 aliphatic carbocycles. The molecule has 1 amide bonds. The van der Waals surface area contributed by atoms with Crippen molar-refractivity contribution in [3.8, 4) is 0 Å². The molecule has 2 N–H and O–H groups in total. The maximum Gasteiger partial charge on any atom is 0.339 e. The molecule has 1 aromatic heterocycles. The van der Waals surface area contributed by atoms with Crippen LogP contribution in [0.25, 0.3) is 0 Å². The van der Waals surface area contributed by atoms with Crippen molar-refractivity contribution in [1.82, 2.24) is 15.2 Å². The molecule has 27 heavy (non-hydrogen) atoms. The second-order valence-corrected chi connectivity index (χ2v) is 7.47. The van der Waals surface area contributed by atoms with E-state index in [2.05, 4.69) is 29.0 Å². The van der Waals surface area contributed by atoms with Gasteiger partial charge in [-0.25, -0.2) is 4.79 Å². The van der Waals surface area contributed by atoms with Crippen LogP contribution in [0.15, 0.2) is 0 Å². The van der Waals surface area contributed by atoms with Gasteiger partial charge in [0.2, 0.25) is 0 Å². The number of methoxy groups -OCH3 is 1. The summed E-state index contributed by atoms with van der Waals surface area (Å²) in [5.74, 6) is -0.0513. The number of rotatable bonds is 8. The van der Waals surface area contributed by atoms with E-state index in [-0.39, 0.29) is 11.9 Å². The van der Waals surface area contributed by atoms with Gasteiger partial charge in [0, 0.05) is 31.4 Å². The Balaban J connectivity index is 2.10. The van der Waals surface area contributed by atoms with Crippen molar-refractivity contribution in [3.63, 3.8) is 0 Å². The van der Waals surface area contributed by atoms with Crippen LogP contribution in [-0.4, -0.2) is 67.8 Å². The molecule has 1 aromatic rings. The number of aromatic nitrogens is 1. The van der Waals surface area contributed by atoms with Gasteiger partial charge in [-0.3, -0.25) is 9.69 Å². The SMILES string of the molecule is CCc1[nH]c(C(=O)NC[C@H](CC(C)C)N2CCOCC2)c(C)c1C(=O)OC. The van der Waals surface area contributed by atoms with Gasteiger partial charge in [-0.05, 0) is 31.2 Å². The maximum atomic E-state index is 12.8. The molecular weight excluding hydrogens is 346 g/mol. The van der Waals surface area contributed by atoms with Crippen LogP contribution in [0.4, 0.5) is 0 Å². The van der Waals surface area contributed by atoms with Gasteiger partial charge >= 0.3 is 5.97 Å². The molecule has 7 nitrogen and oxygen atoms in total. The Morgan fingerprint density at radius 2 is 1.96 bits per heavy atom. The second kappa shape index (κ2) is 9.90. The molecule has 1 aliphatic rings. The van der Waals surface area contributed by atoms with E-state index in [1.807, 2.05) is 6.92 Å². The number of aryl methyl sites for hydroxylation is 1. The summed E-state index contributed by atoms with van der Waals surface area (Å²) in [7, 11) is 1.35. The van der Waals surface area contributed by atoms with Crippen LogP contribution in [0, 0.1) is 12.8 Å². The Labute approximate surface area is 161 Å². The zero-order valence-corrected chi connectivity index (χ0v) is 17.2. The van der Waals surface area contributed by atoms with Crippen molar-refractivity contribution in [2.75, 3.05) is 40.0 Å². The highest BCUT2D eigenvalue weighted by atomic mass is 16.5. The first-order chi connectivity index (χ1) is 12.9. The monoisotopic (exact) mass is 379 g/mol. The standard InChI is InChI=1S/C20H33N3O4/c1-6-16-17(20(25)26-5)14(4)18(22-16)19(24)21-12-15(11-13(2)3)23-7-9-27-10-8-23/h13,15,22H,6-12H2,1-5H3,(H,21,24)/t15-/m0/s1. The number of H-pyrrole nitrogens is 1. The molecule has 0 radical (unpaired) electrons. The molecule has 7 heteroatoms. The van der Waals surface area contributed by atoms with Gasteiger partial charge in [0.05, 0.1) is 25.9 Å². The Morgan fingerprint density at radius 3 is 2.52 bits per heavy atom. The van der Waals surface area contributed by atoms with E-state index in [4.69, 9.17) is 9.47 Å². The number of esters is 1. The third-order valence-corrected chi connectivity index (χ3v) is 5.10. The summed E-state index contributed by atoms with van der Waals surface area (Å²) in [6, 6.07) is 0.277. The number of ether oxygens (including phenoxy) is 2. The van der Waals surface area contributed by atoms with Gasteiger partial charge in [-0.15, -0.1) is 0 Å². The number of aromatic amines is 1. The zero-order valence-electron chi connectivity index (χ0n) is 17.2. The molecule has 1 fully saturated rings. The lowest BCUT2D eigenvalue weighted by molar-refractivity contribution is 0.0124. The van der Waals surface area contributed by atoms with Crippen molar-refractivity contribution in [2.24, 2.45) is 5.92 Å². The first-order valence-corrected chi connectivity index (χ1v) is 9.78. The van der Waals surface area contributed by atoms with Crippen molar-refractivity contribution in [1.29, 1.82) is 0 Å². The average Bonchev–Trinajstić information content (AvgIpc) is 3.01. The van der Waals surface area contributed by atoms with E-state index in [0.29, 0.717) is 35.7 Å². The van der Waals surface area contributed by atoms with E-state index in [1.54, 1.807) is 6.92 Å². The topological polar surface area (TPSA) is 83.7 Å². The first-order valence-electron chi connectivity index (χ1n) is 9.78. The van der Waals surface area contributed by atoms with E-state index in [1.165, 1.54) is 7.11 Å². The molecule has 1 saturated heterocycles. The Bertz CT molecular complexity index is 648. The van der Waals surface area contributed by atoms with E-state index in [0.717, 1.165) is 38.4 Å². The Kier molecular flexibility index (Phi) is 7.86. The van der Waals surface area contributed by atoms with Crippen LogP contribution >= 0.6 is 0 Å². The molecule has 1 aliphatic heterocycles. The van der Waals surface area contributed by atoms with Crippen LogP contribution < -0.4 is 5.32 Å². The fourth-order valence-electron chi connectivity index (χ4n) is 3.68. The number of hydrogen-bond donors (Lipinski definition) is 2. The largest absolute Gasteiger partial charge is 0.465 e. The number of carbonyl (C=O) groups excluding carboxylic acids is 2. The Hall–Kier alpha value is -1.86. The van der Waals surface area contributed by atoms with Crippen LogP contribution in [0.5, 0.6) is 0 Å². The number of hydrogen-bond acceptors (Lipinski definition) is 5. The molecule has 0 bridgehead atoms. The minimum absolute atomic E-state index is 0.181. The van der Waals surface area contributed by atoms with Gasteiger partial charge in [0.1, 0.15) is 5.69 Å². The number of nitrogens with zero attached hydrogens (tertiary/aromatic N) is 1. The molecule has 0 saturated carbocycles. The minimum Gasteiger partial charge on any atom is -0.465 e. The molecule has 0 unspecified atom stereocenters. The highest BCUT2D eigenvalue weighted by molar-refractivity contribution is 6.00. The maximum absolute atomic E-state index is 12.8. The smallest absolute Gasteiger partial charge is 0.339 e. The second-order valence-electron chi connectivity index (χ2n) is 7.47. The van der Waals surface area contributed by atoms with Crippen molar-refractivity contribution < 1.29 is 19.1 Å². The normalized spacial score (nSPS) is 16.4. The van der Waals surface area contributed by atoms with Crippen LogP contribution in [-0.2, 0) is 15.9 Å². The first kappa shape index (κ1) is 21.4. The van der Waals surface area contributed by atoms with Crippen molar-refractivity contribution in [2.45, 2.75) is 46.6 Å². The van der Waals surface area contributed by atoms with Crippen molar-refractivity contribution in [3.05, 3.63) is 22.5 Å². The molecule has 0 aromatic carbocycles. The summed E-state index contributed by atoms with van der Waals surface area (Å²) in [5.41, 5.74) is 2.29. The molecule has 2 heterocycles. The van der Waals surface area contributed by atoms with Crippen LogP contribution in [0.1, 0.15) is 59.3 Å². The van der Waals surface area contributed by atoms with Gasteiger partial charge in [-0.2, -0.15) is 0 Å². The molecular formula is C20H33N3O4. The van der Waals surface area contributed by atoms with Gasteiger partial charge in [-0.1, -0.05) is 20.8 Å². The molecule has 152 valence electrons. The summed E-state index contributed by atoms with van der Waals surface area (Å²) >= 11 is 0. The number of morpholine rings is 1. The number of carbonyl (C=O) groups is 2. The lowest BCUT2D eigenvalue weighted by Crippen LogP contribution is -2.49. The summed E-state index contributed by atoms with van der Waals surface area (Å²) < 4.78 is 10.3. The van der Waals surface area contributed by atoms with Crippen LogP contribution in [0.2, 0.25) is 0 Å². The van der Waals surface area contributed by atoms with Gasteiger partial charge in [0.25, 0.3) is 5.91 Å². The summed E-state index contributed by atoms with van der Waals surface area (Å²) in [6.07, 6.45) is 1.64. The fourth-order valence-corrected chi connectivity index (χ4v) is 3.68. The van der Waals surface area contributed by atoms with E-state index in [9.17, 15) is 9.59 Å². The van der Waals surface area contributed by atoms with Crippen molar-refractivity contribution >= 4 is 11.9 Å². The molecule has 2 rings (SSSR count). The highest BCUT2D eigenvalue weighted by Crippen LogP contribution is 2.20. The quantitative estimate of drug-likeness (QED) is 0.676. The van der Waals surface area contributed by atoms with E-state index >= 15 is 0 Å².